The lowest BCUT2D eigenvalue weighted by Gasteiger charge is -2.20. The lowest BCUT2D eigenvalue weighted by atomic mass is 10.0. The van der Waals surface area contributed by atoms with Gasteiger partial charge in [0.2, 0.25) is 0 Å². The number of fused-ring (bicyclic) bond motifs is 1. The fraction of sp³-hybridized carbons (Fsp3) is 0.467. The number of H-pyrrole nitrogens is 1. The van der Waals surface area contributed by atoms with Crippen LogP contribution in [0.4, 0.5) is 4.79 Å². The van der Waals surface area contributed by atoms with Crippen LogP contribution >= 0.6 is 0 Å². The largest absolute Gasteiger partial charge is 0.396 e. The molecule has 0 aliphatic heterocycles. The lowest BCUT2D eigenvalue weighted by Crippen LogP contribution is -2.40. The third kappa shape index (κ3) is 3.95. The Morgan fingerprint density at radius 2 is 2.14 bits per heavy atom. The Morgan fingerprint density at radius 1 is 1.38 bits per heavy atom. The van der Waals surface area contributed by atoms with Gasteiger partial charge < -0.3 is 20.7 Å². The number of aliphatic hydroxyl groups is 1. The van der Waals surface area contributed by atoms with E-state index < -0.39 is 0 Å². The number of nitrogens with one attached hydrogen (secondary N) is 3. The average Bonchev–Trinajstić information content (AvgIpc) is 2.88. The number of nitrogens with zero attached hydrogens (tertiary/aromatic N) is 1. The summed E-state index contributed by atoms with van der Waals surface area (Å²) in [5, 5.41) is 14.4. The number of urea groups is 1. The molecule has 2 aromatic rings. The number of amides is 2. The highest BCUT2D eigenvalue weighted by Crippen LogP contribution is 2.21. The number of hydrogen-bond donors (Lipinski definition) is 4. The summed E-state index contributed by atoms with van der Waals surface area (Å²) in [6, 6.07) is 7.35. The van der Waals surface area contributed by atoms with Crippen LogP contribution in [0.5, 0.6) is 0 Å². The molecule has 2 rings (SSSR count). The van der Waals surface area contributed by atoms with Gasteiger partial charge in [-0.25, -0.2) is 9.78 Å². The number of para-hydroxylation sites is 2. The van der Waals surface area contributed by atoms with Crippen molar-refractivity contribution in [2.24, 2.45) is 5.92 Å². The second-order valence-corrected chi connectivity index (χ2v) is 5.34. The predicted octanol–water partition coefficient (Wildman–Crippen LogP) is 1.94. The Hall–Kier alpha value is -2.08. The summed E-state index contributed by atoms with van der Waals surface area (Å²) in [4.78, 5) is 19.7. The maximum Gasteiger partial charge on any atom is 0.315 e. The van der Waals surface area contributed by atoms with Gasteiger partial charge in [-0.1, -0.05) is 26.0 Å². The third-order valence-corrected chi connectivity index (χ3v) is 3.28. The van der Waals surface area contributed by atoms with E-state index >= 15 is 0 Å². The van der Waals surface area contributed by atoms with Crippen LogP contribution in [0.3, 0.4) is 0 Å². The number of aliphatic hydroxyl groups excluding tert-OH is 1. The highest BCUT2D eigenvalue weighted by atomic mass is 16.3. The maximum atomic E-state index is 11.9. The molecule has 114 valence electrons. The predicted molar refractivity (Wildman–Crippen MR) is 81.9 cm³/mol. The van der Waals surface area contributed by atoms with Gasteiger partial charge in [-0.15, -0.1) is 0 Å². The summed E-state index contributed by atoms with van der Waals surface area (Å²) in [5.74, 6) is 0.956. The topological polar surface area (TPSA) is 90.0 Å². The standard InChI is InChI=1S/C15H22N4O2/c1-10(2)13(19-15(21)16-8-5-9-20)14-17-11-6-3-4-7-12(11)18-14/h3-4,6-7,10,13,20H,5,8-9H2,1-2H3,(H,17,18)(H2,16,19,21). The van der Waals surface area contributed by atoms with Crippen LogP contribution in [0.15, 0.2) is 24.3 Å². The molecule has 0 saturated heterocycles. The van der Waals surface area contributed by atoms with E-state index in [0.717, 1.165) is 16.9 Å². The zero-order chi connectivity index (χ0) is 15.2. The van der Waals surface area contributed by atoms with Crippen LogP contribution in [0.25, 0.3) is 11.0 Å². The van der Waals surface area contributed by atoms with E-state index in [9.17, 15) is 4.79 Å². The van der Waals surface area contributed by atoms with Crippen molar-refractivity contribution in [2.75, 3.05) is 13.2 Å². The van der Waals surface area contributed by atoms with Gasteiger partial charge in [-0.2, -0.15) is 0 Å². The molecule has 0 bridgehead atoms. The monoisotopic (exact) mass is 290 g/mol. The van der Waals surface area contributed by atoms with Gasteiger partial charge in [0.25, 0.3) is 0 Å². The van der Waals surface area contributed by atoms with Crippen LogP contribution < -0.4 is 10.6 Å². The van der Waals surface area contributed by atoms with Crippen LogP contribution in [0, 0.1) is 5.92 Å². The number of carbonyl (C=O) groups is 1. The first kappa shape index (κ1) is 15.3. The fourth-order valence-corrected chi connectivity index (χ4v) is 2.14. The molecule has 0 spiro atoms. The Bertz CT molecular complexity index is 561. The maximum absolute atomic E-state index is 11.9. The Labute approximate surface area is 124 Å². The van der Waals surface area contributed by atoms with Crippen molar-refractivity contribution in [1.82, 2.24) is 20.6 Å². The van der Waals surface area contributed by atoms with Gasteiger partial charge in [0, 0.05) is 13.2 Å². The lowest BCUT2D eigenvalue weighted by molar-refractivity contribution is 0.230. The molecule has 0 saturated carbocycles. The molecular formula is C15H22N4O2. The molecule has 0 fully saturated rings. The van der Waals surface area contributed by atoms with E-state index in [2.05, 4.69) is 20.6 Å². The minimum absolute atomic E-state index is 0.0669. The number of aromatic amines is 1. The molecule has 1 unspecified atom stereocenters. The van der Waals surface area contributed by atoms with Crippen LogP contribution in [0.2, 0.25) is 0 Å². The molecule has 1 heterocycles. The highest BCUT2D eigenvalue weighted by molar-refractivity contribution is 5.76. The van der Waals surface area contributed by atoms with E-state index in [1.165, 1.54) is 0 Å². The van der Waals surface area contributed by atoms with Crippen molar-refractivity contribution in [3.05, 3.63) is 30.1 Å². The molecule has 1 atom stereocenters. The number of rotatable bonds is 6. The quantitative estimate of drug-likeness (QED) is 0.613. The molecule has 6 nitrogen and oxygen atoms in total. The van der Waals surface area contributed by atoms with Crippen LogP contribution in [-0.2, 0) is 0 Å². The number of aromatic nitrogens is 2. The first-order chi connectivity index (χ1) is 10.1. The van der Waals surface area contributed by atoms with Crippen molar-refractivity contribution >= 4 is 17.1 Å². The summed E-state index contributed by atoms with van der Waals surface area (Å²) >= 11 is 0. The first-order valence-corrected chi connectivity index (χ1v) is 7.21. The molecule has 6 heteroatoms. The molecule has 2 amide bonds. The van der Waals surface area contributed by atoms with Gasteiger partial charge in [-0.05, 0) is 24.5 Å². The molecule has 0 radical (unpaired) electrons. The minimum atomic E-state index is -0.248. The Kier molecular flexibility index (Phi) is 5.16. The van der Waals surface area contributed by atoms with Gasteiger partial charge in [0.15, 0.2) is 0 Å². The zero-order valence-corrected chi connectivity index (χ0v) is 12.4. The number of carbonyl (C=O) groups excluding carboxylic acids is 1. The van der Waals surface area contributed by atoms with E-state index in [4.69, 9.17) is 5.11 Å². The van der Waals surface area contributed by atoms with E-state index in [1.54, 1.807) is 0 Å². The molecule has 1 aromatic heterocycles. The smallest absolute Gasteiger partial charge is 0.315 e. The molecule has 4 N–H and O–H groups in total. The molecule has 0 aliphatic rings. The fourth-order valence-electron chi connectivity index (χ4n) is 2.14. The summed E-state index contributed by atoms with van der Waals surface area (Å²) in [6.07, 6.45) is 0.546. The van der Waals surface area contributed by atoms with Crippen LogP contribution in [0.1, 0.15) is 32.1 Å². The number of imidazole rings is 1. The van der Waals surface area contributed by atoms with Crippen molar-refractivity contribution in [3.63, 3.8) is 0 Å². The average molecular weight is 290 g/mol. The van der Waals surface area contributed by atoms with E-state index in [-0.39, 0.29) is 24.6 Å². The summed E-state index contributed by atoms with van der Waals surface area (Å²) < 4.78 is 0. The molecule has 21 heavy (non-hydrogen) atoms. The Morgan fingerprint density at radius 3 is 2.81 bits per heavy atom. The third-order valence-electron chi connectivity index (χ3n) is 3.28. The molecule has 0 aliphatic carbocycles. The minimum Gasteiger partial charge on any atom is -0.396 e. The SMILES string of the molecule is CC(C)C(NC(=O)NCCCO)c1nc2ccccc2[nH]1. The van der Waals surface area contributed by atoms with Gasteiger partial charge in [0.05, 0.1) is 17.1 Å². The van der Waals surface area contributed by atoms with E-state index in [1.807, 2.05) is 38.1 Å². The van der Waals surface area contributed by atoms with Crippen molar-refractivity contribution < 1.29 is 9.90 Å². The van der Waals surface area contributed by atoms with Gasteiger partial charge in [0.1, 0.15) is 5.82 Å². The first-order valence-electron chi connectivity index (χ1n) is 7.21. The highest BCUT2D eigenvalue weighted by Gasteiger charge is 2.21. The summed E-state index contributed by atoms with van der Waals surface area (Å²) in [6.45, 7) is 4.59. The molecule has 1 aromatic carbocycles. The zero-order valence-electron chi connectivity index (χ0n) is 12.4. The second kappa shape index (κ2) is 7.08. The molecular weight excluding hydrogens is 268 g/mol. The summed E-state index contributed by atoms with van der Waals surface area (Å²) in [7, 11) is 0. The Balaban J connectivity index is 2.09. The van der Waals surface area contributed by atoms with Crippen molar-refractivity contribution in [3.8, 4) is 0 Å². The number of hydrogen-bond acceptors (Lipinski definition) is 3. The number of benzene rings is 1. The van der Waals surface area contributed by atoms with Gasteiger partial charge in [-0.3, -0.25) is 0 Å². The van der Waals surface area contributed by atoms with E-state index in [0.29, 0.717) is 13.0 Å². The second-order valence-electron chi connectivity index (χ2n) is 5.34. The normalized spacial score (nSPS) is 12.6. The van der Waals surface area contributed by atoms with Gasteiger partial charge >= 0.3 is 6.03 Å². The summed E-state index contributed by atoms with van der Waals surface area (Å²) in [5.41, 5.74) is 1.85. The van der Waals surface area contributed by atoms with Crippen molar-refractivity contribution in [2.45, 2.75) is 26.3 Å². The van der Waals surface area contributed by atoms with Crippen LogP contribution in [-0.4, -0.2) is 34.3 Å². The van der Waals surface area contributed by atoms with Crippen molar-refractivity contribution in [1.29, 1.82) is 0 Å².